The summed E-state index contributed by atoms with van der Waals surface area (Å²) in [5, 5.41) is 0.160. The van der Waals surface area contributed by atoms with Crippen molar-refractivity contribution in [2.75, 3.05) is 19.6 Å². The summed E-state index contributed by atoms with van der Waals surface area (Å²) in [7, 11) is -3.47. The van der Waals surface area contributed by atoms with Crippen LogP contribution in [-0.2, 0) is 16.6 Å². The fourth-order valence-corrected chi connectivity index (χ4v) is 3.96. The van der Waals surface area contributed by atoms with Gasteiger partial charge < -0.3 is 10.3 Å². The largest absolute Gasteiger partial charge is 0.334 e. The van der Waals surface area contributed by atoms with Gasteiger partial charge in [-0.05, 0) is 38.6 Å². The number of sulfonamides is 1. The van der Waals surface area contributed by atoms with E-state index in [4.69, 9.17) is 5.73 Å². The highest BCUT2D eigenvalue weighted by molar-refractivity contribution is 7.89. The molecule has 1 aromatic heterocycles. The number of aryl methyl sites for hydroxylation is 2. The highest BCUT2D eigenvalue weighted by Gasteiger charge is 2.35. The molecule has 1 aliphatic heterocycles. The highest BCUT2D eigenvalue weighted by Crippen LogP contribution is 2.31. The summed E-state index contributed by atoms with van der Waals surface area (Å²) in [6, 6.07) is 0. The first kappa shape index (κ1) is 15.5. The van der Waals surface area contributed by atoms with E-state index in [1.165, 1.54) is 4.31 Å². The van der Waals surface area contributed by atoms with Crippen LogP contribution in [0.1, 0.15) is 32.5 Å². The smallest absolute Gasteiger partial charge is 0.262 e. The third-order valence-electron chi connectivity index (χ3n) is 4.32. The Morgan fingerprint density at radius 1 is 1.40 bits per heavy atom. The summed E-state index contributed by atoms with van der Waals surface area (Å²) in [5.41, 5.74) is 5.82. The topological polar surface area (TPSA) is 81.2 Å². The molecule has 0 saturated carbocycles. The summed E-state index contributed by atoms with van der Waals surface area (Å²) < 4.78 is 28.6. The number of hydrogen-bond acceptors (Lipinski definition) is 4. The van der Waals surface area contributed by atoms with Gasteiger partial charge in [0.2, 0.25) is 0 Å². The number of piperidine rings is 1. The molecule has 0 aliphatic carbocycles. The number of hydrogen-bond donors (Lipinski definition) is 1. The maximum absolute atomic E-state index is 12.6. The second-order valence-corrected chi connectivity index (χ2v) is 7.72. The number of aromatic nitrogens is 2. The molecule has 20 heavy (non-hydrogen) atoms. The van der Waals surface area contributed by atoms with Crippen LogP contribution in [0.5, 0.6) is 0 Å². The van der Waals surface area contributed by atoms with Gasteiger partial charge in [-0.25, -0.2) is 13.4 Å². The first-order valence-corrected chi connectivity index (χ1v) is 8.50. The summed E-state index contributed by atoms with van der Waals surface area (Å²) in [6.07, 6.45) is 3.23. The van der Waals surface area contributed by atoms with Gasteiger partial charge in [0.25, 0.3) is 10.0 Å². The lowest BCUT2D eigenvalue weighted by Crippen LogP contribution is -2.44. The molecule has 0 radical (unpaired) electrons. The molecule has 0 unspecified atom stereocenters. The Morgan fingerprint density at radius 3 is 2.45 bits per heavy atom. The van der Waals surface area contributed by atoms with Gasteiger partial charge in [-0.15, -0.1) is 0 Å². The summed E-state index contributed by atoms with van der Waals surface area (Å²) in [5.74, 6) is 0.731. The third-order valence-corrected chi connectivity index (χ3v) is 6.09. The van der Waals surface area contributed by atoms with E-state index < -0.39 is 10.0 Å². The van der Waals surface area contributed by atoms with Crippen LogP contribution in [0.3, 0.4) is 0 Å². The van der Waals surface area contributed by atoms with E-state index in [1.807, 2.05) is 18.4 Å². The minimum atomic E-state index is -3.47. The van der Waals surface area contributed by atoms with Crippen LogP contribution in [0.15, 0.2) is 11.2 Å². The third kappa shape index (κ3) is 2.75. The SMILES string of the molecule is CCn1cc(S(=O)(=O)N2CCC(C)(CN)CC2)nc1C. The molecule has 1 fully saturated rings. The van der Waals surface area contributed by atoms with E-state index >= 15 is 0 Å². The average molecular weight is 300 g/mol. The normalized spacial score (nSPS) is 20.2. The van der Waals surface area contributed by atoms with Gasteiger partial charge in [-0.2, -0.15) is 4.31 Å². The van der Waals surface area contributed by atoms with Crippen LogP contribution < -0.4 is 5.73 Å². The molecule has 6 nitrogen and oxygen atoms in total. The van der Waals surface area contributed by atoms with Crippen LogP contribution in [0, 0.1) is 12.3 Å². The molecule has 0 bridgehead atoms. The Bertz CT molecular complexity index is 571. The Morgan fingerprint density at radius 2 is 2.00 bits per heavy atom. The monoisotopic (exact) mass is 300 g/mol. The lowest BCUT2D eigenvalue weighted by Gasteiger charge is -2.37. The zero-order valence-corrected chi connectivity index (χ0v) is 13.3. The maximum atomic E-state index is 12.6. The highest BCUT2D eigenvalue weighted by atomic mass is 32.2. The molecule has 1 aromatic rings. The van der Waals surface area contributed by atoms with Gasteiger partial charge in [0.1, 0.15) is 5.82 Å². The second kappa shape index (κ2) is 5.46. The summed E-state index contributed by atoms with van der Waals surface area (Å²) >= 11 is 0. The number of imidazole rings is 1. The average Bonchev–Trinajstić information content (AvgIpc) is 2.81. The molecule has 1 aliphatic rings. The van der Waals surface area contributed by atoms with E-state index in [9.17, 15) is 8.42 Å². The molecule has 2 rings (SSSR count). The minimum Gasteiger partial charge on any atom is -0.334 e. The van der Waals surface area contributed by atoms with Crippen molar-refractivity contribution in [2.24, 2.45) is 11.1 Å². The van der Waals surface area contributed by atoms with Gasteiger partial charge >= 0.3 is 0 Å². The van der Waals surface area contributed by atoms with Gasteiger partial charge in [0, 0.05) is 25.8 Å². The molecule has 0 atom stereocenters. The molecule has 2 heterocycles. The Balaban J connectivity index is 2.19. The molecular formula is C13H24N4O2S. The number of nitrogens with two attached hydrogens (primary N) is 1. The molecule has 114 valence electrons. The fourth-order valence-electron chi connectivity index (χ4n) is 2.53. The van der Waals surface area contributed by atoms with Crippen LogP contribution in [0.25, 0.3) is 0 Å². The minimum absolute atomic E-state index is 0.0602. The van der Waals surface area contributed by atoms with E-state index in [0.717, 1.165) is 25.2 Å². The van der Waals surface area contributed by atoms with Crippen molar-refractivity contribution in [1.82, 2.24) is 13.9 Å². The predicted molar refractivity (Wildman–Crippen MR) is 77.8 cm³/mol. The van der Waals surface area contributed by atoms with Crippen molar-refractivity contribution >= 4 is 10.0 Å². The van der Waals surface area contributed by atoms with Crippen molar-refractivity contribution in [3.63, 3.8) is 0 Å². The van der Waals surface area contributed by atoms with Crippen LogP contribution in [0.2, 0.25) is 0 Å². The fraction of sp³-hybridized carbons (Fsp3) is 0.769. The molecular weight excluding hydrogens is 276 g/mol. The predicted octanol–water partition coefficient (Wildman–Crippen LogP) is 0.961. The van der Waals surface area contributed by atoms with Crippen LogP contribution >= 0.6 is 0 Å². The van der Waals surface area contributed by atoms with Crippen molar-refractivity contribution in [3.8, 4) is 0 Å². The van der Waals surface area contributed by atoms with Gasteiger partial charge in [0.05, 0.1) is 0 Å². The molecule has 2 N–H and O–H groups in total. The van der Waals surface area contributed by atoms with Gasteiger partial charge in [-0.3, -0.25) is 0 Å². The zero-order valence-electron chi connectivity index (χ0n) is 12.5. The number of rotatable bonds is 4. The van der Waals surface area contributed by atoms with E-state index in [-0.39, 0.29) is 10.4 Å². The van der Waals surface area contributed by atoms with E-state index in [2.05, 4.69) is 11.9 Å². The maximum Gasteiger partial charge on any atom is 0.262 e. The standard InChI is InChI=1S/C13H24N4O2S/c1-4-16-9-12(15-11(16)2)20(18,19)17-7-5-13(3,10-14)6-8-17/h9H,4-8,10,14H2,1-3H3. The van der Waals surface area contributed by atoms with Crippen molar-refractivity contribution in [1.29, 1.82) is 0 Å². The lowest BCUT2D eigenvalue weighted by atomic mass is 9.81. The van der Waals surface area contributed by atoms with E-state index in [1.54, 1.807) is 6.20 Å². The van der Waals surface area contributed by atoms with Crippen LogP contribution in [0.4, 0.5) is 0 Å². The molecule has 1 saturated heterocycles. The van der Waals surface area contributed by atoms with Crippen molar-refractivity contribution in [2.45, 2.75) is 45.2 Å². The van der Waals surface area contributed by atoms with E-state index in [0.29, 0.717) is 19.6 Å². The van der Waals surface area contributed by atoms with Gasteiger partial charge in [0.15, 0.2) is 5.03 Å². The van der Waals surface area contributed by atoms with Crippen molar-refractivity contribution < 1.29 is 8.42 Å². The zero-order chi connectivity index (χ0) is 15.0. The first-order valence-electron chi connectivity index (χ1n) is 7.06. The first-order chi connectivity index (χ1) is 9.32. The van der Waals surface area contributed by atoms with Gasteiger partial charge in [-0.1, -0.05) is 6.92 Å². The lowest BCUT2D eigenvalue weighted by molar-refractivity contribution is 0.182. The summed E-state index contributed by atoms with van der Waals surface area (Å²) in [6.45, 7) is 8.28. The Hall–Kier alpha value is -0.920. The number of nitrogens with zero attached hydrogens (tertiary/aromatic N) is 3. The Kier molecular flexibility index (Phi) is 4.22. The molecule has 7 heteroatoms. The molecule has 0 spiro atoms. The Labute approximate surface area is 121 Å². The molecule has 0 aromatic carbocycles. The quantitative estimate of drug-likeness (QED) is 0.898. The van der Waals surface area contributed by atoms with Crippen molar-refractivity contribution in [3.05, 3.63) is 12.0 Å². The second-order valence-electron chi connectivity index (χ2n) is 5.83. The molecule has 0 amide bonds. The summed E-state index contributed by atoms with van der Waals surface area (Å²) in [4.78, 5) is 4.19. The van der Waals surface area contributed by atoms with Crippen LogP contribution in [-0.4, -0.2) is 41.9 Å².